The first-order valence-electron chi connectivity index (χ1n) is 10.6. The van der Waals surface area contributed by atoms with Gasteiger partial charge in [0.15, 0.2) is 5.11 Å². The van der Waals surface area contributed by atoms with Crippen LogP contribution in [0.2, 0.25) is 0 Å². The number of esters is 1. The van der Waals surface area contributed by atoms with E-state index < -0.39 is 5.97 Å². The smallest absolute Gasteiger partial charge is 0.337 e. The molecule has 1 aliphatic rings. The molecule has 6 nitrogen and oxygen atoms in total. The van der Waals surface area contributed by atoms with Gasteiger partial charge in [0.2, 0.25) is 0 Å². The molecule has 2 aromatic heterocycles. The van der Waals surface area contributed by atoms with Crippen LogP contribution in [0.4, 0.5) is 5.69 Å². The number of halogens is 1. The zero-order valence-electron chi connectivity index (χ0n) is 18.1. The van der Waals surface area contributed by atoms with Gasteiger partial charge in [-0.25, -0.2) is 4.79 Å². The first-order valence-corrected chi connectivity index (χ1v) is 11.8. The van der Waals surface area contributed by atoms with Gasteiger partial charge in [-0.05, 0) is 72.9 Å². The number of ether oxygens (including phenoxy) is 1. The summed E-state index contributed by atoms with van der Waals surface area (Å²) in [6.45, 7) is 0. The Morgan fingerprint density at radius 2 is 1.91 bits per heavy atom. The maximum Gasteiger partial charge on any atom is 0.337 e. The van der Waals surface area contributed by atoms with Crippen LogP contribution in [0.25, 0.3) is 11.3 Å². The summed E-state index contributed by atoms with van der Waals surface area (Å²) in [6, 6.07) is 24.4. The lowest BCUT2D eigenvalue weighted by Crippen LogP contribution is -2.29. The average molecular weight is 534 g/mol. The molecule has 0 radical (unpaired) electrons. The number of pyridine rings is 1. The number of methoxy groups -OCH3 is 1. The number of benzene rings is 2. The number of hydrogen-bond donors (Lipinski definition) is 1. The van der Waals surface area contributed by atoms with Gasteiger partial charge in [0.05, 0.1) is 24.4 Å². The second kappa shape index (κ2) is 9.40. The highest BCUT2D eigenvalue weighted by Gasteiger charge is 2.42. The molecular formula is C26H20BrN3O3S. The summed E-state index contributed by atoms with van der Waals surface area (Å²) in [7, 11) is 1.37. The summed E-state index contributed by atoms with van der Waals surface area (Å²) < 4.78 is 12.2. The van der Waals surface area contributed by atoms with E-state index in [1.54, 1.807) is 24.4 Å². The van der Waals surface area contributed by atoms with E-state index in [9.17, 15) is 4.79 Å². The number of anilines is 1. The molecule has 0 amide bonds. The first kappa shape index (κ1) is 22.3. The van der Waals surface area contributed by atoms with Crippen LogP contribution in [0.1, 0.15) is 33.9 Å². The second-order valence-electron chi connectivity index (χ2n) is 7.75. The Kier molecular flexibility index (Phi) is 6.17. The molecule has 1 N–H and O–H groups in total. The van der Waals surface area contributed by atoms with E-state index in [0.717, 1.165) is 27.2 Å². The minimum atomic E-state index is -0.393. The molecule has 1 aliphatic heterocycles. The molecule has 0 unspecified atom stereocenters. The van der Waals surface area contributed by atoms with Crippen molar-refractivity contribution in [1.29, 1.82) is 0 Å². The SMILES string of the molecule is COC(=O)c1cccc(-c2ccc([C@@H]3[C@@H](c4ccccn4)NC(=S)N3c3ccc(Br)cc3)o2)c1. The minimum Gasteiger partial charge on any atom is -0.465 e. The van der Waals surface area contributed by atoms with Gasteiger partial charge in [0, 0.05) is 21.9 Å². The lowest BCUT2D eigenvalue weighted by molar-refractivity contribution is 0.0601. The molecule has 8 heteroatoms. The predicted molar refractivity (Wildman–Crippen MR) is 138 cm³/mol. The largest absolute Gasteiger partial charge is 0.465 e. The van der Waals surface area contributed by atoms with Gasteiger partial charge in [0.25, 0.3) is 0 Å². The van der Waals surface area contributed by atoms with Gasteiger partial charge in [0.1, 0.15) is 17.6 Å². The molecule has 2 aromatic carbocycles. The lowest BCUT2D eigenvalue weighted by atomic mass is 10.0. The van der Waals surface area contributed by atoms with E-state index in [4.69, 9.17) is 21.4 Å². The highest BCUT2D eigenvalue weighted by molar-refractivity contribution is 9.10. The molecule has 0 saturated carbocycles. The zero-order valence-corrected chi connectivity index (χ0v) is 20.5. The summed E-state index contributed by atoms with van der Waals surface area (Å²) in [5.41, 5.74) is 3.05. The topological polar surface area (TPSA) is 67.6 Å². The van der Waals surface area contributed by atoms with Gasteiger partial charge < -0.3 is 19.4 Å². The van der Waals surface area contributed by atoms with Gasteiger partial charge in [-0.15, -0.1) is 0 Å². The van der Waals surface area contributed by atoms with Gasteiger partial charge in [-0.3, -0.25) is 4.98 Å². The molecule has 1 saturated heterocycles. The van der Waals surface area contributed by atoms with E-state index in [0.29, 0.717) is 16.4 Å². The Morgan fingerprint density at radius 3 is 2.65 bits per heavy atom. The maximum atomic E-state index is 12.0. The number of nitrogens with one attached hydrogen (secondary N) is 1. The van der Waals surface area contributed by atoms with Crippen molar-refractivity contribution in [2.24, 2.45) is 0 Å². The quantitative estimate of drug-likeness (QED) is 0.246. The Morgan fingerprint density at radius 1 is 1.09 bits per heavy atom. The number of nitrogens with zero attached hydrogens (tertiary/aromatic N) is 2. The molecular weight excluding hydrogens is 514 g/mol. The number of aromatic nitrogens is 1. The fraction of sp³-hybridized carbons (Fsp3) is 0.115. The summed E-state index contributed by atoms with van der Waals surface area (Å²) in [4.78, 5) is 18.6. The third-order valence-electron chi connectivity index (χ3n) is 5.69. The third-order valence-corrected chi connectivity index (χ3v) is 6.53. The maximum absolute atomic E-state index is 12.0. The van der Waals surface area contributed by atoms with Crippen LogP contribution >= 0.6 is 28.1 Å². The standard InChI is InChI=1S/C26H20BrN3O3S/c1-32-25(31)17-6-4-5-16(15-17)21-12-13-22(33-21)24-23(20-7-2-3-14-28-20)29-26(34)30(24)19-10-8-18(27)9-11-19/h2-15,23-24H,1H3,(H,29,34)/t23-,24-/m1/s1. The minimum absolute atomic E-state index is 0.210. The van der Waals surface area contributed by atoms with Crippen molar-refractivity contribution in [2.45, 2.75) is 12.1 Å². The van der Waals surface area contributed by atoms with E-state index in [1.165, 1.54) is 7.11 Å². The van der Waals surface area contributed by atoms with Crippen LogP contribution in [0.15, 0.2) is 93.9 Å². The summed E-state index contributed by atoms with van der Waals surface area (Å²) in [5.74, 6) is 0.981. The van der Waals surface area contributed by atoms with Crippen molar-refractivity contribution in [2.75, 3.05) is 12.0 Å². The van der Waals surface area contributed by atoms with Crippen LogP contribution in [0, 0.1) is 0 Å². The highest BCUT2D eigenvalue weighted by atomic mass is 79.9. The van der Waals surface area contributed by atoms with E-state index >= 15 is 0 Å². The van der Waals surface area contributed by atoms with Crippen LogP contribution in [0.5, 0.6) is 0 Å². The van der Waals surface area contributed by atoms with E-state index in [-0.39, 0.29) is 12.1 Å². The number of hydrogen-bond acceptors (Lipinski definition) is 5. The van der Waals surface area contributed by atoms with Gasteiger partial charge in [-0.1, -0.05) is 34.1 Å². The molecule has 2 atom stereocenters. The molecule has 4 aromatic rings. The Hall–Kier alpha value is -3.49. The van der Waals surface area contributed by atoms with Crippen LogP contribution < -0.4 is 10.2 Å². The number of carbonyl (C=O) groups excluding carboxylic acids is 1. The molecule has 3 heterocycles. The van der Waals surface area contributed by atoms with Crippen LogP contribution in [-0.2, 0) is 4.74 Å². The highest BCUT2D eigenvalue weighted by Crippen LogP contribution is 2.43. The van der Waals surface area contributed by atoms with Crippen molar-refractivity contribution in [1.82, 2.24) is 10.3 Å². The second-order valence-corrected chi connectivity index (χ2v) is 9.05. The van der Waals surface area contributed by atoms with E-state index in [2.05, 4.69) is 31.1 Å². The monoisotopic (exact) mass is 533 g/mol. The van der Waals surface area contributed by atoms with Crippen molar-refractivity contribution >= 4 is 44.9 Å². The number of thiocarbonyl (C=S) groups is 1. The fourth-order valence-corrected chi connectivity index (χ4v) is 4.72. The third kappa shape index (κ3) is 4.22. The Bertz CT molecular complexity index is 1340. The molecule has 5 rings (SSSR count). The first-order chi connectivity index (χ1) is 16.5. The van der Waals surface area contributed by atoms with E-state index in [1.807, 2.05) is 60.7 Å². The number of carbonyl (C=O) groups is 1. The molecule has 1 fully saturated rings. The van der Waals surface area contributed by atoms with Gasteiger partial charge >= 0.3 is 5.97 Å². The summed E-state index contributed by atoms with van der Waals surface area (Å²) in [6.07, 6.45) is 1.77. The number of rotatable bonds is 5. The predicted octanol–water partition coefficient (Wildman–Crippen LogP) is 6.07. The average Bonchev–Trinajstić information content (AvgIpc) is 3.49. The molecule has 0 aliphatic carbocycles. The molecule has 170 valence electrons. The van der Waals surface area contributed by atoms with Crippen LogP contribution in [0.3, 0.4) is 0 Å². The lowest BCUT2D eigenvalue weighted by Gasteiger charge is -2.26. The van der Waals surface area contributed by atoms with Crippen molar-refractivity contribution in [3.05, 3.63) is 107 Å². The van der Waals surface area contributed by atoms with Crippen molar-refractivity contribution in [3.63, 3.8) is 0 Å². The van der Waals surface area contributed by atoms with Crippen LogP contribution in [-0.4, -0.2) is 23.2 Å². The zero-order chi connectivity index (χ0) is 23.7. The number of furan rings is 1. The normalized spacial score (nSPS) is 17.5. The van der Waals surface area contributed by atoms with Crippen molar-refractivity contribution < 1.29 is 13.9 Å². The molecule has 34 heavy (non-hydrogen) atoms. The fourth-order valence-electron chi connectivity index (χ4n) is 4.11. The summed E-state index contributed by atoms with van der Waals surface area (Å²) >= 11 is 9.25. The molecule has 0 spiro atoms. The van der Waals surface area contributed by atoms with Crippen molar-refractivity contribution in [3.8, 4) is 11.3 Å². The summed E-state index contributed by atoms with van der Waals surface area (Å²) in [5, 5.41) is 4.02. The molecule has 0 bridgehead atoms. The Labute approximate surface area is 210 Å². The van der Waals surface area contributed by atoms with Gasteiger partial charge in [-0.2, -0.15) is 0 Å². The Balaban J connectivity index is 1.57.